The molecule has 0 radical (unpaired) electrons. The highest BCUT2D eigenvalue weighted by molar-refractivity contribution is 6.33. The van der Waals surface area contributed by atoms with Crippen molar-refractivity contribution in [3.63, 3.8) is 0 Å². The maximum atomic E-state index is 12.7. The highest BCUT2D eigenvalue weighted by atomic mass is 35.5. The molecule has 0 aliphatic carbocycles. The minimum absolute atomic E-state index is 0.213. The second-order valence-electron chi connectivity index (χ2n) is 5.75. The van der Waals surface area contributed by atoms with Gasteiger partial charge in [-0.25, -0.2) is 4.98 Å². The van der Waals surface area contributed by atoms with Gasteiger partial charge in [0.1, 0.15) is 18.7 Å². The Morgan fingerprint density at radius 3 is 2.86 bits per heavy atom. The minimum Gasteiger partial charge on any atom is -0.496 e. The van der Waals surface area contributed by atoms with Crippen molar-refractivity contribution >= 4 is 17.5 Å². The van der Waals surface area contributed by atoms with Gasteiger partial charge in [0.05, 0.1) is 30.0 Å². The molecule has 3 aromatic rings. The predicted molar refractivity (Wildman–Crippen MR) is 103 cm³/mol. The third kappa shape index (κ3) is 4.98. The molecule has 0 aliphatic rings. The standard InChI is InChI=1S/C18H19ClN6O4/c1-27-6-7-29-18-12(4-3-5-20-18)10-21-17(26)13-8-14(19)15(9-16(13)28-2)25-11-22-23-24-25/h3-5,8-9,11H,6-7,10H2,1-2H3,(H,21,26). The van der Waals surface area contributed by atoms with Crippen LogP contribution in [0.25, 0.3) is 5.69 Å². The zero-order chi connectivity index (χ0) is 20.6. The van der Waals surface area contributed by atoms with Crippen molar-refractivity contribution in [2.24, 2.45) is 0 Å². The number of methoxy groups -OCH3 is 2. The fourth-order valence-electron chi connectivity index (χ4n) is 2.52. The van der Waals surface area contributed by atoms with Crippen molar-refractivity contribution in [3.05, 3.63) is 52.9 Å². The third-order valence-corrected chi connectivity index (χ3v) is 4.23. The number of halogens is 1. The molecule has 2 heterocycles. The van der Waals surface area contributed by atoms with Crippen LogP contribution in [0.3, 0.4) is 0 Å². The van der Waals surface area contributed by atoms with E-state index in [0.29, 0.717) is 35.6 Å². The summed E-state index contributed by atoms with van der Waals surface area (Å²) in [6.07, 6.45) is 3.02. The Hall–Kier alpha value is -3.24. The summed E-state index contributed by atoms with van der Waals surface area (Å²) in [5.41, 5.74) is 1.50. The Bertz CT molecular complexity index is 967. The molecule has 0 saturated heterocycles. The number of carbonyl (C=O) groups is 1. The molecule has 0 atom stereocenters. The zero-order valence-corrected chi connectivity index (χ0v) is 16.6. The lowest BCUT2D eigenvalue weighted by Crippen LogP contribution is -2.24. The SMILES string of the molecule is COCCOc1ncccc1CNC(=O)c1cc(Cl)c(-n2cnnn2)cc1OC. The molecule has 11 heteroatoms. The lowest BCUT2D eigenvalue weighted by molar-refractivity contribution is 0.0947. The van der Waals surface area contributed by atoms with Crippen LogP contribution in [0.5, 0.6) is 11.6 Å². The van der Waals surface area contributed by atoms with Crippen LogP contribution in [0, 0.1) is 0 Å². The first-order valence-electron chi connectivity index (χ1n) is 8.58. The summed E-state index contributed by atoms with van der Waals surface area (Å²) in [4.78, 5) is 16.9. The third-order valence-electron chi connectivity index (χ3n) is 3.93. The number of hydrogen-bond acceptors (Lipinski definition) is 8. The van der Waals surface area contributed by atoms with Gasteiger partial charge in [-0.05, 0) is 22.6 Å². The molecule has 0 saturated carbocycles. The summed E-state index contributed by atoms with van der Waals surface area (Å²) in [5, 5.41) is 14.1. The Morgan fingerprint density at radius 1 is 1.28 bits per heavy atom. The fraction of sp³-hybridized carbons (Fsp3) is 0.278. The van der Waals surface area contributed by atoms with Crippen molar-refractivity contribution in [2.75, 3.05) is 27.4 Å². The quantitative estimate of drug-likeness (QED) is 0.522. The van der Waals surface area contributed by atoms with Crippen molar-refractivity contribution in [1.82, 2.24) is 30.5 Å². The van der Waals surface area contributed by atoms with Crippen LogP contribution in [0.1, 0.15) is 15.9 Å². The second kappa shape index (κ2) is 9.80. The number of ether oxygens (including phenoxy) is 3. The van der Waals surface area contributed by atoms with Crippen molar-refractivity contribution < 1.29 is 19.0 Å². The summed E-state index contributed by atoms with van der Waals surface area (Å²) in [7, 11) is 3.05. The molecular weight excluding hydrogens is 400 g/mol. The van der Waals surface area contributed by atoms with Crippen molar-refractivity contribution in [1.29, 1.82) is 0 Å². The van der Waals surface area contributed by atoms with Crippen LogP contribution in [0.15, 0.2) is 36.8 Å². The van der Waals surface area contributed by atoms with E-state index in [0.717, 1.165) is 5.56 Å². The largest absolute Gasteiger partial charge is 0.496 e. The van der Waals surface area contributed by atoms with Crippen LogP contribution in [0.4, 0.5) is 0 Å². The van der Waals surface area contributed by atoms with Crippen LogP contribution in [0.2, 0.25) is 5.02 Å². The van der Waals surface area contributed by atoms with E-state index in [1.54, 1.807) is 25.4 Å². The minimum atomic E-state index is -0.362. The smallest absolute Gasteiger partial charge is 0.255 e. The summed E-state index contributed by atoms with van der Waals surface area (Å²) >= 11 is 6.31. The number of pyridine rings is 1. The number of benzene rings is 1. The number of amides is 1. The molecular formula is C18H19ClN6O4. The number of carbonyl (C=O) groups excluding carboxylic acids is 1. The van der Waals surface area contributed by atoms with Gasteiger partial charge in [0, 0.05) is 31.5 Å². The Labute approximate surface area is 171 Å². The van der Waals surface area contributed by atoms with Gasteiger partial charge in [0.2, 0.25) is 5.88 Å². The van der Waals surface area contributed by atoms with Crippen LogP contribution < -0.4 is 14.8 Å². The Morgan fingerprint density at radius 2 is 2.14 bits per heavy atom. The van der Waals surface area contributed by atoms with Crippen LogP contribution >= 0.6 is 11.6 Å². The van der Waals surface area contributed by atoms with E-state index in [4.69, 9.17) is 25.8 Å². The number of hydrogen-bond donors (Lipinski definition) is 1. The second-order valence-corrected chi connectivity index (χ2v) is 6.16. The van der Waals surface area contributed by atoms with Gasteiger partial charge in [-0.1, -0.05) is 17.7 Å². The summed E-state index contributed by atoms with van der Waals surface area (Å²) in [5.74, 6) is 0.405. The van der Waals surface area contributed by atoms with Gasteiger partial charge >= 0.3 is 0 Å². The Balaban J connectivity index is 1.75. The van der Waals surface area contributed by atoms with Gasteiger partial charge < -0.3 is 19.5 Å². The van der Waals surface area contributed by atoms with Gasteiger partial charge in [-0.2, -0.15) is 4.68 Å². The average molecular weight is 419 g/mol. The van der Waals surface area contributed by atoms with Crippen LogP contribution in [-0.2, 0) is 11.3 Å². The molecule has 0 unspecified atom stereocenters. The highest BCUT2D eigenvalue weighted by Crippen LogP contribution is 2.29. The number of rotatable bonds is 9. The van der Waals surface area contributed by atoms with Crippen LogP contribution in [-0.4, -0.2) is 58.5 Å². The van der Waals surface area contributed by atoms with E-state index >= 15 is 0 Å². The normalized spacial score (nSPS) is 10.6. The topological polar surface area (TPSA) is 113 Å². The highest BCUT2D eigenvalue weighted by Gasteiger charge is 2.18. The molecule has 1 aromatic carbocycles. The van der Waals surface area contributed by atoms with E-state index in [9.17, 15) is 4.79 Å². The van der Waals surface area contributed by atoms with E-state index in [2.05, 4.69) is 25.8 Å². The lowest BCUT2D eigenvalue weighted by atomic mass is 10.1. The molecule has 0 spiro atoms. The summed E-state index contributed by atoms with van der Waals surface area (Å²) < 4.78 is 17.3. The first kappa shape index (κ1) is 20.5. The number of aromatic nitrogens is 5. The molecule has 2 aromatic heterocycles. The first-order chi connectivity index (χ1) is 14.1. The monoisotopic (exact) mass is 418 g/mol. The predicted octanol–water partition coefficient (Wildman–Crippen LogP) is 1.67. The molecule has 0 aliphatic heterocycles. The van der Waals surface area contributed by atoms with Crippen molar-refractivity contribution in [3.8, 4) is 17.3 Å². The van der Waals surface area contributed by atoms with E-state index in [-0.39, 0.29) is 18.0 Å². The van der Waals surface area contributed by atoms with Gasteiger partial charge in [-0.15, -0.1) is 5.10 Å². The molecule has 1 amide bonds. The molecule has 3 rings (SSSR count). The molecule has 0 fully saturated rings. The average Bonchev–Trinajstić information content (AvgIpc) is 3.27. The number of nitrogens with zero attached hydrogens (tertiary/aromatic N) is 5. The molecule has 1 N–H and O–H groups in total. The Kier molecular flexibility index (Phi) is 6.93. The first-order valence-corrected chi connectivity index (χ1v) is 8.96. The number of tetrazole rings is 1. The van der Waals surface area contributed by atoms with Gasteiger partial charge in [0.15, 0.2) is 0 Å². The lowest BCUT2D eigenvalue weighted by Gasteiger charge is -2.14. The maximum absolute atomic E-state index is 12.7. The van der Waals surface area contributed by atoms with Gasteiger partial charge in [-0.3, -0.25) is 4.79 Å². The zero-order valence-electron chi connectivity index (χ0n) is 15.8. The van der Waals surface area contributed by atoms with E-state index in [1.807, 2.05) is 6.07 Å². The maximum Gasteiger partial charge on any atom is 0.255 e. The molecule has 10 nitrogen and oxygen atoms in total. The van der Waals surface area contributed by atoms with Gasteiger partial charge in [0.25, 0.3) is 5.91 Å². The summed E-state index contributed by atoms with van der Waals surface area (Å²) in [6.45, 7) is 1.01. The van der Waals surface area contributed by atoms with Crippen molar-refractivity contribution in [2.45, 2.75) is 6.54 Å². The van der Waals surface area contributed by atoms with E-state index < -0.39 is 0 Å². The fourth-order valence-corrected chi connectivity index (χ4v) is 2.77. The van der Waals surface area contributed by atoms with E-state index in [1.165, 1.54) is 24.2 Å². The molecule has 152 valence electrons. The molecule has 0 bridgehead atoms. The molecule has 29 heavy (non-hydrogen) atoms. The summed E-state index contributed by atoms with van der Waals surface area (Å²) in [6, 6.07) is 6.69. The number of nitrogens with one attached hydrogen (secondary N) is 1.